The molecular weight excluding hydrogens is 168 g/mol. The molecule has 0 bridgehead atoms. The molecule has 0 saturated carbocycles. The first-order valence-electron chi connectivity index (χ1n) is 3.85. The van der Waals surface area contributed by atoms with Crippen molar-refractivity contribution in [3.63, 3.8) is 0 Å². The molecule has 12 heavy (non-hydrogen) atoms. The Balaban J connectivity index is 2.46. The highest BCUT2D eigenvalue weighted by Gasteiger charge is 1.93. The van der Waals surface area contributed by atoms with Crippen molar-refractivity contribution in [2.75, 3.05) is 5.75 Å². The molecule has 1 N–H and O–H groups in total. The summed E-state index contributed by atoms with van der Waals surface area (Å²) in [4.78, 5) is 1.11. The Hall–Kier alpha value is -0.890. The number of hydrogen-bond acceptors (Lipinski definition) is 2. The molecule has 0 saturated heterocycles. The minimum atomic E-state index is 0.332. The topological polar surface area (TPSA) is 20.2 Å². The summed E-state index contributed by atoms with van der Waals surface area (Å²) in [6.45, 7) is 3.65. The molecule has 0 amide bonds. The van der Waals surface area contributed by atoms with Crippen molar-refractivity contribution in [3.05, 3.63) is 36.9 Å². The van der Waals surface area contributed by atoms with Crippen molar-refractivity contribution in [2.24, 2.45) is 0 Å². The lowest BCUT2D eigenvalue weighted by atomic mass is 10.3. The van der Waals surface area contributed by atoms with Crippen molar-refractivity contribution in [1.29, 1.82) is 0 Å². The highest BCUT2D eigenvalue weighted by Crippen LogP contribution is 2.22. The molecule has 1 rings (SSSR count). The smallest absolute Gasteiger partial charge is 0.116 e. The molecule has 2 heteroatoms. The van der Waals surface area contributed by atoms with Crippen LogP contribution in [0.3, 0.4) is 0 Å². The Morgan fingerprint density at radius 2 is 2.33 bits per heavy atom. The van der Waals surface area contributed by atoms with E-state index in [-0.39, 0.29) is 0 Å². The van der Waals surface area contributed by atoms with Crippen molar-refractivity contribution < 1.29 is 5.11 Å². The summed E-state index contributed by atoms with van der Waals surface area (Å²) in [5.41, 5.74) is 0. The van der Waals surface area contributed by atoms with Crippen LogP contribution in [0, 0.1) is 0 Å². The van der Waals surface area contributed by atoms with E-state index in [4.69, 9.17) is 5.11 Å². The van der Waals surface area contributed by atoms with Gasteiger partial charge >= 0.3 is 0 Å². The van der Waals surface area contributed by atoms with Gasteiger partial charge in [-0.05, 0) is 24.6 Å². The van der Waals surface area contributed by atoms with Crippen LogP contribution in [-0.2, 0) is 0 Å². The normalized spacial score (nSPS) is 9.67. The number of hydrogen-bond donors (Lipinski definition) is 1. The van der Waals surface area contributed by atoms with E-state index in [2.05, 4.69) is 6.58 Å². The summed E-state index contributed by atoms with van der Waals surface area (Å²) in [7, 11) is 0. The van der Waals surface area contributed by atoms with Crippen LogP contribution in [0.25, 0.3) is 0 Å². The summed E-state index contributed by atoms with van der Waals surface area (Å²) in [5, 5.41) is 9.14. The second-order valence-corrected chi connectivity index (χ2v) is 3.59. The first-order chi connectivity index (χ1) is 5.83. The number of aromatic hydroxyl groups is 1. The SMILES string of the molecule is C=CCCSc1cccc(O)c1. The molecule has 0 heterocycles. The van der Waals surface area contributed by atoms with E-state index in [0.717, 1.165) is 17.1 Å². The fraction of sp³-hybridized carbons (Fsp3) is 0.200. The molecule has 0 unspecified atom stereocenters. The summed E-state index contributed by atoms with van der Waals surface area (Å²) in [6.07, 6.45) is 2.90. The van der Waals surface area contributed by atoms with Gasteiger partial charge in [0.05, 0.1) is 0 Å². The van der Waals surface area contributed by atoms with E-state index in [1.807, 2.05) is 18.2 Å². The van der Waals surface area contributed by atoms with Gasteiger partial charge in [0.1, 0.15) is 5.75 Å². The van der Waals surface area contributed by atoms with E-state index in [0.29, 0.717) is 5.75 Å². The molecule has 0 aromatic heterocycles. The summed E-state index contributed by atoms with van der Waals surface area (Å²) in [5.74, 6) is 1.35. The van der Waals surface area contributed by atoms with Crippen LogP contribution >= 0.6 is 11.8 Å². The molecule has 0 aliphatic carbocycles. The van der Waals surface area contributed by atoms with Gasteiger partial charge in [0.15, 0.2) is 0 Å². The van der Waals surface area contributed by atoms with Crippen LogP contribution < -0.4 is 0 Å². The van der Waals surface area contributed by atoms with Gasteiger partial charge in [0.2, 0.25) is 0 Å². The first kappa shape index (κ1) is 9.20. The molecule has 64 valence electrons. The lowest BCUT2D eigenvalue weighted by molar-refractivity contribution is 0.474. The van der Waals surface area contributed by atoms with Gasteiger partial charge in [-0.3, -0.25) is 0 Å². The third-order valence-corrected chi connectivity index (χ3v) is 2.44. The third kappa shape index (κ3) is 3.01. The maximum absolute atomic E-state index is 9.14. The lowest BCUT2D eigenvalue weighted by Gasteiger charge is -1.99. The maximum atomic E-state index is 9.14. The number of phenolic OH excluding ortho intramolecular Hbond substituents is 1. The van der Waals surface area contributed by atoms with E-state index < -0.39 is 0 Å². The number of allylic oxidation sites excluding steroid dienone is 1. The zero-order chi connectivity index (χ0) is 8.81. The van der Waals surface area contributed by atoms with Crippen LogP contribution in [0.5, 0.6) is 5.75 Å². The Morgan fingerprint density at radius 3 is 3.00 bits per heavy atom. The molecular formula is C10H12OS. The van der Waals surface area contributed by atoms with Crippen LogP contribution in [0.4, 0.5) is 0 Å². The van der Waals surface area contributed by atoms with Crippen LogP contribution in [0.2, 0.25) is 0 Å². The van der Waals surface area contributed by atoms with Gasteiger partial charge in [-0.2, -0.15) is 0 Å². The van der Waals surface area contributed by atoms with Crippen LogP contribution in [0.1, 0.15) is 6.42 Å². The van der Waals surface area contributed by atoms with Crippen molar-refractivity contribution in [1.82, 2.24) is 0 Å². The molecule has 1 aromatic rings. The zero-order valence-corrected chi connectivity index (χ0v) is 7.68. The minimum absolute atomic E-state index is 0.332. The van der Waals surface area contributed by atoms with Gasteiger partial charge in [-0.15, -0.1) is 18.3 Å². The van der Waals surface area contributed by atoms with Crippen molar-refractivity contribution >= 4 is 11.8 Å². The number of rotatable bonds is 4. The van der Waals surface area contributed by atoms with E-state index in [9.17, 15) is 0 Å². The fourth-order valence-electron chi connectivity index (χ4n) is 0.833. The highest BCUT2D eigenvalue weighted by molar-refractivity contribution is 7.99. The molecule has 0 atom stereocenters. The largest absolute Gasteiger partial charge is 0.508 e. The lowest BCUT2D eigenvalue weighted by Crippen LogP contribution is -1.75. The molecule has 1 aromatic carbocycles. The summed E-state index contributed by atoms with van der Waals surface area (Å²) < 4.78 is 0. The minimum Gasteiger partial charge on any atom is -0.508 e. The average Bonchev–Trinajstić information content (AvgIpc) is 2.05. The van der Waals surface area contributed by atoms with Crippen molar-refractivity contribution in [3.8, 4) is 5.75 Å². The van der Waals surface area contributed by atoms with E-state index in [1.54, 1.807) is 23.9 Å². The van der Waals surface area contributed by atoms with Crippen LogP contribution in [-0.4, -0.2) is 10.9 Å². The predicted octanol–water partition coefficient (Wildman–Crippen LogP) is 3.06. The van der Waals surface area contributed by atoms with Gasteiger partial charge in [-0.1, -0.05) is 12.1 Å². The van der Waals surface area contributed by atoms with Crippen LogP contribution in [0.15, 0.2) is 41.8 Å². The second-order valence-electron chi connectivity index (χ2n) is 2.42. The number of benzene rings is 1. The monoisotopic (exact) mass is 180 g/mol. The number of phenols is 1. The Bertz CT molecular complexity index is 258. The third-order valence-electron chi connectivity index (χ3n) is 1.41. The van der Waals surface area contributed by atoms with Crippen molar-refractivity contribution in [2.45, 2.75) is 11.3 Å². The van der Waals surface area contributed by atoms with E-state index in [1.165, 1.54) is 0 Å². The summed E-state index contributed by atoms with van der Waals surface area (Å²) >= 11 is 1.73. The van der Waals surface area contributed by atoms with Gasteiger partial charge < -0.3 is 5.11 Å². The van der Waals surface area contributed by atoms with E-state index >= 15 is 0 Å². The Morgan fingerprint density at radius 1 is 1.50 bits per heavy atom. The van der Waals surface area contributed by atoms with Gasteiger partial charge in [0.25, 0.3) is 0 Å². The summed E-state index contributed by atoms with van der Waals surface area (Å²) in [6, 6.07) is 7.30. The standard InChI is InChI=1S/C10H12OS/c1-2-3-7-12-10-6-4-5-9(11)8-10/h2,4-6,8,11H,1,3,7H2. The Labute approximate surface area is 77.1 Å². The molecule has 0 spiro atoms. The van der Waals surface area contributed by atoms with Gasteiger partial charge in [-0.25, -0.2) is 0 Å². The molecule has 0 radical (unpaired) electrons. The molecule has 1 nitrogen and oxygen atoms in total. The fourth-order valence-corrected chi connectivity index (χ4v) is 1.73. The molecule has 0 aliphatic heterocycles. The Kier molecular flexibility index (Phi) is 3.74. The highest BCUT2D eigenvalue weighted by atomic mass is 32.2. The second kappa shape index (κ2) is 4.88. The average molecular weight is 180 g/mol. The molecule has 0 fully saturated rings. The molecule has 0 aliphatic rings. The quantitative estimate of drug-likeness (QED) is 0.436. The predicted molar refractivity (Wildman–Crippen MR) is 53.6 cm³/mol. The maximum Gasteiger partial charge on any atom is 0.116 e. The van der Waals surface area contributed by atoms with Gasteiger partial charge in [0, 0.05) is 10.6 Å². The zero-order valence-electron chi connectivity index (χ0n) is 6.86. The number of thioether (sulfide) groups is 1. The first-order valence-corrected chi connectivity index (χ1v) is 4.84.